The highest BCUT2D eigenvalue weighted by Crippen LogP contribution is 2.27. The monoisotopic (exact) mass is 219 g/mol. The van der Waals surface area contributed by atoms with E-state index >= 15 is 0 Å². The number of hydrogen-bond donors (Lipinski definition) is 1. The first-order chi connectivity index (χ1) is 7.92. The van der Waals surface area contributed by atoms with Crippen LogP contribution in [0.1, 0.15) is 31.6 Å². The molecule has 0 radical (unpaired) electrons. The van der Waals surface area contributed by atoms with Crippen LogP contribution in [0.5, 0.6) is 0 Å². The van der Waals surface area contributed by atoms with E-state index in [0.717, 1.165) is 6.42 Å². The van der Waals surface area contributed by atoms with E-state index in [1.54, 1.807) is 0 Å². The minimum absolute atomic E-state index is 0.491. The van der Waals surface area contributed by atoms with Gasteiger partial charge >= 0.3 is 0 Å². The van der Waals surface area contributed by atoms with Crippen LogP contribution in [0, 0.1) is 5.92 Å². The Balaban J connectivity index is 1.72. The molecule has 0 saturated heterocycles. The standard InChI is InChI=1S/C10H13N5O/c1-2-4-7(3-1)5-8-13-10(15-16-8)9-11-6-12-14-9/h6-7H,1-5H2,(H,11,12,14). The summed E-state index contributed by atoms with van der Waals surface area (Å²) in [6, 6.07) is 0. The molecule has 2 aromatic rings. The fraction of sp³-hybridized carbons (Fsp3) is 0.600. The fourth-order valence-corrected chi connectivity index (χ4v) is 2.21. The first-order valence-electron chi connectivity index (χ1n) is 5.60. The van der Waals surface area contributed by atoms with E-state index in [9.17, 15) is 0 Å². The minimum Gasteiger partial charge on any atom is -0.339 e. The van der Waals surface area contributed by atoms with Crippen molar-refractivity contribution < 1.29 is 4.52 Å². The van der Waals surface area contributed by atoms with Gasteiger partial charge in [-0.25, -0.2) is 4.98 Å². The Morgan fingerprint density at radius 2 is 2.25 bits per heavy atom. The van der Waals surface area contributed by atoms with E-state index < -0.39 is 0 Å². The molecule has 0 unspecified atom stereocenters. The lowest BCUT2D eigenvalue weighted by Crippen LogP contribution is -1.98. The van der Waals surface area contributed by atoms with E-state index in [-0.39, 0.29) is 0 Å². The molecule has 0 atom stereocenters. The molecule has 6 heteroatoms. The molecule has 0 aliphatic heterocycles. The van der Waals surface area contributed by atoms with Crippen LogP contribution < -0.4 is 0 Å². The van der Waals surface area contributed by atoms with Crippen molar-refractivity contribution in [1.82, 2.24) is 25.3 Å². The van der Waals surface area contributed by atoms with Crippen molar-refractivity contribution in [3.8, 4) is 11.6 Å². The number of rotatable bonds is 3. The molecule has 1 aliphatic rings. The molecule has 0 bridgehead atoms. The zero-order chi connectivity index (χ0) is 10.8. The van der Waals surface area contributed by atoms with Crippen molar-refractivity contribution in [2.45, 2.75) is 32.1 Å². The van der Waals surface area contributed by atoms with E-state index in [1.165, 1.54) is 32.0 Å². The average molecular weight is 219 g/mol. The number of nitrogens with one attached hydrogen (secondary N) is 1. The molecule has 1 aliphatic carbocycles. The van der Waals surface area contributed by atoms with Crippen molar-refractivity contribution in [1.29, 1.82) is 0 Å². The van der Waals surface area contributed by atoms with Crippen molar-refractivity contribution in [3.63, 3.8) is 0 Å². The Morgan fingerprint density at radius 1 is 1.38 bits per heavy atom. The van der Waals surface area contributed by atoms with E-state index in [4.69, 9.17) is 4.52 Å². The van der Waals surface area contributed by atoms with Gasteiger partial charge in [-0.3, -0.25) is 5.10 Å². The third kappa shape index (κ3) is 1.82. The Labute approximate surface area is 92.5 Å². The lowest BCUT2D eigenvalue weighted by molar-refractivity contribution is 0.353. The maximum atomic E-state index is 5.20. The van der Waals surface area contributed by atoms with Crippen LogP contribution in [0.3, 0.4) is 0 Å². The third-order valence-corrected chi connectivity index (χ3v) is 3.03. The summed E-state index contributed by atoms with van der Waals surface area (Å²) in [5.74, 6) is 2.47. The van der Waals surface area contributed by atoms with Crippen LogP contribution in [0.2, 0.25) is 0 Å². The van der Waals surface area contributed by atoms with Crippen LogP contribution >= 0.6 is 0 Å². The number of nitrogens with zero attached hydrogens (tertiary/aromatic N) is 4. The zero-order valence-electron chi connectivity index (χ0n) is 8.89. The number of H-pyrrole nitrogens is 1. The van der Waals surface area contributed by atoms with Gasteiger partial charge in [0, 0.05) is 6.42 Å². The molecule has 0 spiro atoms. The molecule has 3 rings (SSSR count). The molecular formula is C10H13N5O. The average Bonchev–Trinajstić information content (AvgIpc) is 2.99. The normalized spacial score (nSPS) is 17.0. The lowest BCUT2D eigenvalue weighted by Gasteiger charge is -2.02. The van der Waals surface area contributed by atoms with Gasteiger partial charge in [-0.05, 0) is 18.8 Å². The minimum atomic E-state index is 0.491. The first-order valence-corrected chi connectivity index (χ1v) is 5.60. The van der Waals surface area contributed by atoms with Gasteiger partial charge in [0.25, 0.3) is 0 Å². The van der Waals surface area contributed by atoms with Gasteiger partial charge in [-0.15, -0.1) is 0 Å². The maximum Gasteiger partial charge on any atom is 0.239 e. The Hall–Kier alpha value is -1.72. The quantitative estimate of drug-likeness (QED) is 0.847. The van der Waals surface area contributed by atoms with Crippen molar-refractivity contribution in [2.75, 3.05) is 0 Å². The lowest BCUT2D eigenvalue weighted by atomic mass is 10.0. The topological polar surface area (TPSA) is 80.5 Å². The van der Waals surface area contributed by atoms with Gasteiger partial charge in [0.2, 0.25) is 11.7 Å². The van der Waals surface area contributed by atoms with Crippen LogP contribution in [0.25, 0.3) is 11.6 Å². The van der Waals surface area contributed by atoms with Crippen molar-refractivity contribution in [3.05, 3.63) is 12.2 Å². The predicted octanol–water partition coefficient (Wildman–Crippen LogP) is 1.59. The van der Waals surface area contributed by atoms with Gasteiger partial charge in [0.05, 0.1) is 0 Å². The Morgan fingerprint density at radius 3 is 3.00 bits per heavy atom. The summed E-state index contributed by atoms with van der Waals surface area (Å²) in [6.45, 7) is 0. The SMILES string of the molecule is c1n[nH]c(-c2noc(CC3CCCC3)n2)n1. The van der Waals surface area contributed by atoms with Crippen molar-refractivity contribution in [2.24, 2.45) is 5.92 Å². The van der Waals surface area contributed by atoms with Gasteiger partial charge in [-0.1, -0.05) is 18.0 Å². The molecule has 1 saturated carbocycles. The van der Waals surface area contributed by atoms with E-state index in [2.05, 4.69) is 25.3 Å². The molecule has 0 amide bonds. The highest BCUT2D eigenvalue weighted by Gasteiger charge is 2.19. The molecule has 1 fully saturated rings. The highest BCUT2D eigenvalue weighted by molar-refractivity contribution is 5.39. The van der Waals surface area contributed by atoms with Gasteiger partial charge < -0.3 is 4.52 Å². The second kappa shape index (κ2) is 4.03. The molecule has 1 N–H and O–H groups in total. The summed E-state index contributed by atoms with van der Waals surface area (Å²) >= 11 is 0. The first kappa shape index (κ1) is 9.50. The molecule has 6 nitrogen and oxygen atoms in total. The number of aromatic amines is 1. The molecule has 16 heavy (non-hydrogen) atoms. The second-order valence-electron chi connectivity index (χ2n) is 4.20. The molecule has 84 valence electrons. The zero-order valence-corrected chi connectivity index (χ0v) is 8.89. The van der Waals surface area contributed by atoms with Crippen LogP contribution in [-0.4, -0.2) is 25.3 Å². The largest absolute Gasteiger partial charge is 0.339 e. The smallest absolute Gasteiger partial charge is 0.239 e. The summed E-state index contributed by atoms with van der Waals surface area (Å²) in [5, 5.41) is 10.3. The summed E-state index contributed by atoms with van der Waals surface area (Å²) in [4.78, 5) is 8.28. The summed E-state index contributed by atoms with van der Waals surface area (Å²) in [6.07, 6.45) is 7.53. The van der Waals surface area contributed by atoms with E-state index in [1.807, 2.05) is 0 Å². The molecular weight excluding hydrogens is 206 g/mol. The number of aromatic nitrogens is 5. The van der Waals surface area contributed by atoms with Crippen LogP contribution in [0.15, 0.2) is 10.9 Å². The third-order valence-electron chi connectivity index (χ3n) is 3.03. The van der Waals surface area contributed by atoms with Gasteiger partial charge in [0.1, 0.15) is 6.33 Å². The summed E-state index contributed by atoms with van der Waals surface area (Å²) < 4.78 is 5.20. The highest BCUT2D eigenvalue weighted by atomic mass is 16.5. The summed E-state index contributed by atoms with van der Waals surface area (Å²) in [7, 11) is 0. The van der Waals surface area contributed by atoms with Gasteiger partial charge in [-0.2, -0.15) is 10.1 Å². The van der Waals surface area contributed by atoms with Crippen LogP contribution in [0.4, 0.5) is 0 Å². The molecule has 2 aromatic heterocycles. The van der Waals surface area contributed by atoms with Crippen LogP contribution in [-0.2, 0) is 6.42 Å². The molecule has 2 heterocycles. The Bertz CT molecular complexity index is 443. The predicted molar refractivity (Wildman–Crippen MR) is 55.3 cm³/mol. The number of hydrogen-bond acceptors (Lipinski definition) is 5. The maximum absolute atomic E-state index is 5.20. The molecule has 0 aromatic carbocycles. The van der Waals surface area contributed by atoms with Gasteiger partial charge in [0.15, 0.2) is 5.82 Å². The Kier molecular flexibility index (Phi) is 2.40. The summed E-state index contributed by atoms with van der Waals surface area (Å²) in [5.41, 5.74) is 0. The second-order valence-corrected chi connectivity index (χ2v) is 4.20. The van der Waals surface area contributed by atoms with Crippen molar-refractivity contribution >= 4 is 0 Å². The van der Waals surface area contributed by atoms with E-state index in [0.29, 0.717) is 23.5 Å². The fourth-order valence-electron chi connectivity index (χ4n) is 2.21.